The molecule has 0 spiro atoms. The fraction of sp³-hybridized carbons (Fsp3) is 0.381. The highest BCUT2D eigenvalue weighted by Crippen LogP contribution is 2.35. The number of carboxylic acid groups (broad SMARTS) is 1. The molecular weight excluding hydrogens is 366 g/mol. The van der Waals surface area contributed by atoms with Crippen LogP contribution in [0, 0.1) is 5.41 Å². The molecule has 1 saturated heterocycles. The lowest BCUT2D eigenvalue weighted by atomic mass is 9.90. The first-order valence-corrected chi connectivity index (χ1v) is 9.42. The smallest absolute Gasteiger partial charge is 0.336 e. The van der Waals surface area contributed by atoms with E-state index in [1.165, 1.54) is 0 Å². The first-order chi connectivity index (χ1) is 13.0. The van der Waals surface area contributed by atoms with Crippen molar-refractivity contribution >= 4 is 23.3 Å². The highest BCUT2D eigenvalue weighted by molar-refractivity contribution is 6.30. The van der Waals surface area contributed by atoms with E-state index in [4.69, 9.17) is 21.1 Å². The van der Waals surface area contributed by atoms with Crippen LogP contribution in [0.5, 0.6) is 5.75 Å². The molecule has 0 radical (unpaired) electrons. The van der Waals surface area contributed by atoms with Gasteiger partial charge in [0.1, 0.15) is 5.75 Å². The lowest BCUT2D eigenvalue weighted by Gasteiger charge is -2.37. The molecule has 0 aromatic heterocycles. The zero-order valence-corrected chi connectivity index (χ0v) is 16.0. The Bertz CT molecular complexity index is 878. The second-order valence-corrected chi connectivity index (χ2v) is 8.06. The molecule has 0 aliphatic carbocycles. The molecule has 0 unspecified atom stereocenters. The Kier molecular flexibility index (Phi) is 4.74. The van der Waals surface area contributed by atoms with Crippen molar-refractivity contribution in [2.75, 3.05) is 31.3 Å². The largest absolute Gasteiger partial charge is 0.492 e. The van der Waals surface area contributed by atoms with E-state index in [2.05, 4.69) is 11.8 Å². The molecule has 2 aromatic carbocycles. The van der Waals surface area contributed by atoms with Gasteiger partial charge < -0.3 is 19.5 Å². The van der Waals surface area contributed by atoms with Gasteiger partial charge in [0.05, 0.1) is 25.4 Å². The molecule has 6 heteroatoms. The third-order valence-corrected chi connectivity index (χ3v) is 5.45. The Morgan fingerprint density at radius 3 is 2.85 bits per heavy atom. The van der Waals surface area contributed by atoms with Gasteiger partial charge in [-0.1, -0.05) is 24.6 Å². The van der Waals surface area contributed by atoms with Crippen LogP contribution in [0.15, 0.2) is 36.4 Å². The summed E-state index contributed by atoms with van der Waals surface area (Å²) < 4.78 is 11.4. The van der Waals surface area contributed by atoms with Gasteiger partial charge in [0.25, 0.3) is 0 Å². The van der Waals surface area contributed by atoms with Gasteiger partial charge in [-0.25, -0.2) is 4.79 Å². The number of fused-ring (bicyclic) bond motifs is 1. The number of aromatic carboxylic acids is 1. The van der Waals surface area contributed by atoms with Crippen LogP contribution in [0.1, 0.15) is 28.4 Å². The number of nitrogens with zero attached hydrogens (tertiary/aromatic N) is 1. The van der Waals surface area contributed by atoms with Gasteiger partial charge in [0.15, 0.2) is 0 Å². The van der Waals surface area contributed by atoms with Gasteiger partial charge in [-0.3, -0.25) is 0 Å². The van der Waals surface area contributed by atoms with Crippen LogP contribution in [-0.2, 0) is 17.7 Å². The fourth-order valence-electron chi connectivity index (χ4n) is 3.67. The summed E-state index contributed by atoms with van der Waals surface area (Å²) in [5.41, 5.74) is 3.32. The Balaban J connectivity index is 1.56. The second-order valence-electron chi connectivity index (χ2n) is 7.62. The zero-order chi connectivity index (χ0) is 19.0. The van der Waals surface area contributed by atoms with Crippen LogP contribution >= 0.6 is 11.6 Å². The molecule has 0 bridgehead atoms. The van der Waals surface area contributed by atoms with E-state index < -0.39 is 5.97 Å². The number of halogens is 1. The van der Waals surface area contributed by atoms with E-state index in [9.17, 15) is 9.90 Å². The maximum atomic E-state index is 11.5. The Hall–Kier alpha value is -2.24. The molecule has 2 aromatic rings. The molecule has 4 rings (SSSR count). The first-order valence-electron chi connectivity index (χ1n) is 9.04. The summed E-state index contributed by atoms with van der Waals surface area (Å²) in [5, 5.41) is 10.1. The summed E-state index contributed by atoms with van der Waals surface area (Å²) in [6.07, 6.45) is 0.726. The second kappa shape index (κ2) is 7.06. The molecule has 142 valence electrons. The quantitative estimate of drug-likeness (QED) is 0.811. The summed E-state index contributed by atoms with van der Waals surface area (Å²) >= 11 is 6.23. The molecule has 0 saturated carbocycles. The first kappa shape index (κ1) is 18.1. The third-order valence-electron chi connectivity index (χ3n) is 5.22. The van der Waals surface area contributed by atoms with Crippen LogP contribution in [0.3, 0.4) is 0 Å². The summed E-state index contributed by atoms with van der Waals surface area (Å²) in [6.45, 7) is 5.58. The summed E-state index contributed by atoms with van der Waals surface area (Å²) in [6, 6.07) is 11.1. The number of carbonyl (C=O) groups is 1. The van der Waals surface area contributed by atoms with Gasteiger partial charge in [-0.15, -0.1) is 0 Å². The predicted octanol–water partition coefficient (Wildman–Crippen LogP) is 4.02. The molecule has 0 amide bonds. The Morgan fingerprint density at radius 1 is 1.33 bits per heavy atom. The zero-order valence-electron chi connectivity index (χ0n) is 15.2. The maximum Gasteiger partial charge on any atom is 0.336 e. The van der Waals surface area contributed by atoms with Crippen molar-refractivity contribution in [3.63, 3.8) is 0 Å². The molecule has 2 aliphatic heterocycles. The topological polar surface area (TPSA) is 59.0 Å². The summed E-state index contributed by atoms with van der Waals surface area (Å²) in [5.74, 6) is -0.0631. The standard InChI is InChI=1S/C21H22ClNO4/c1-21(11-26-12-21)13-27-19-6-5-15(22)9-14(19)10-23-8-7-16-17(20(24)25)3-2-4-18(16)23/h2-6,9H,7-8,10-13H2,1H3,(H,24,25). The van der Waals surface area contributed by atoms with E-state index in [0.29, 0.717) is 37.0 Å². The minimum Gasteiger partial charge on any atom is -0.492 e. The number of hydrogen-bond donors (Lipinski definition) is 1. The normalized spacial score (nSPS) is 17.3. The van der Waals surface area contributed by atoms with Crippen LogP contribution in [-0.4, -0.2) is 37.4 Å². The number of rotatable bonds is 6. The number of carboxylic acids is 1. The molecule has 27 heavy (non-hydrogen) atoms. The lowest BCUT2D eigenvalue weighted by Crippen LogP contribution is -2.44. The lowest BCUT2D eigenvalue weighted by molar-refractivity contribution is -0.120. The van der Waals surface area contributed by atoms with Crippen molar-refractivity contribution in [2.45, 2.75) is 19.9 Å². The molecule has 2 heterocycles. The summed E-state index contributed by atoms with van der Waals surface area (Å²) in [7, 11) is 0. The fourth-order valence-corrected chi connectivity index (χ4v) is 3.86. The van der Waals surface area contributed by atoms with Crippen molar-refractivity contribution < 1.29 is 19.4 Å². The number of benzene rings is 2. The van der Waals surface area contributed by atoms with Crippen molar-refractivity contribution in [2.24, 2.45) is 5.41 Å². The van der Waals surface area contributed by atoms with Gasteiger partial charge in [0, 0.05) is 34.8 Å². The minimum atomic E-state index is -0.878. The average Bonchev–Trinajstić information content (AvgIpc) is 3.02. The number of ether oxygens (including phenoxy) is 2. The Morgan fingerprint density at radius 2 is 2.15 bits per heavy atom. The maximum absolute atomic E-state index is 11.5. The third kappa shape index (κ3) is 3.62. The van der Waals surface area contributed by atoms with Crippen molar-refractivity contribution in [3.8, 4) is 5.75 Å². The van der Waals surface area contributed by atoms with Crippen LogP contribution < -0.4 is 9.64 Å². The SMILES string of the molecule is CC1(COc2ccc(Cl)cc2CN2CCc3c(C(=O)O)cccc32)COC1. The van der Waals surface area contributed by atoms with E-state index in [1.807, 2.05) is 24.3 Å². The predicted molar refractivity (Wildman–Crippen MR) is 104 cm³/mol. The van der Waals surface area contributed by atoms with Crippen LogP contribution in [0.25, 0.3) is 0 Å². The molecule has 0 atom stereocenters. The molecule has 2 aliphatic rings. The number of anilines is 1. The highest BCUT2D eigenvalue weighted by atomic mass is 35.5. The van der Waals surface area contributed by atoms with Crippen molar-refractivity contribution in [3.05, 3.63) is 58.1 Å². The minimum absolute atomic E-state index is 0.0630. The van der Waals surface area contributed by atoms with Crippen molar-refractivity contribution in [1.82, 2.24) is 0 Å². The average molecular weight is 388 g/mol. The molecular formula is C21H22ClNO4. The van der Waals surface area contributed by atoms with E-state index in [1.54, 1.807) is 12.1 Å². The monoisotopic (exact) mass is 387 g/mol. The summed E-state index contributed by atoms with van der Waals surface area (Å²) in [4.78, 5) is 13.7. The molecule has 1 N–H and O–H groups in total. The van der Waals surface area contributed by atoms with Gasteiger partial charge in [0.2, 0.25) is 0 Å². The molecule has 5 nitrogen and oxygen atoms in total. The van der Waals surface area contributed by atoms with E-state index >= 15 is 0 Å². The van der Waals surface area contributed by atoms with Crippen molar-refractivity contribution in [1.29, 1.82) is 0 Å². The van der Waals surface area contributed by atoms with E-state index in [-0.39, 0.29) is 5.41 Å². The van der Waals surface area contributed by atoms with E-state index in [0.717, 1.165) is 35.5 Å². The van der Waals surface area contributed by atoms with Gasteiger partial charge in [-0.2, -0.15) is 0 Å². The van der Waals surface area contributed by atoms with Gasteiger partial charge >= 0.3 is 5.97 Å². The van der Waals surface area contributed by atoms with Gasteiger partial charge in [-0.05, 0) is 42.3 Å². The number of hydrogen-bond acceptors (Lipinski definition) is 4. The highest BCUT2D eigenvalue weighted by Gasteiger charge is 2.34. The van der Waals surface area contributed by atoms with Crippen LogP contribution in [0.2, 0.25) is 5.02 Å². The Labute approximate surface area is 163 Å². The molecule has 1 fully saturated rings. The van der Waals surface area contributed by atoms with Crippen LogP contribution in [0.4, 0.5) is 5.69 Å².